The Labute approximate surface area is 253 Å². The number of azide groups is 1. The molecule has 4 heterocycles. The highest BCUT2D eigenvalue weighted by molar-refractivity contribution is 8.02. The van der Waals surface area contributed by atoms with E-state index in [1.807, 2.05) is 0 Å². The SMILES string of the molecule is COC(=O)[C@]1(C)S[C@@H]2CC(=O)N2[C@H]1C(=O)OCOC(=O)[C@@H]1N2C(=O)[C@@H](NC(=O)C(N=[N+]=[N-])c3ccccc3)[C@H]2SC1(C)C. The number of rotatable bonds is 9. The van der Waals surface area contributed by atoms with Gasteiger partial charge in [0.15, 0.2) is 6.04 Å². The lowest BCUT2D eigenvalue weighted by atomic mass is 9.95. The van der Waals surface area contributed by atoms with Crippen molar-refractivity contribution in [1.29, 1.82) is 0 Å². The van der Waals surface area contributed by atoms with E-state index in [2.05, 4.69) is 15.3 Å². The minimum atomic E-state index is -1.40. The number of methoxy groups -OCH3 is 1. The second kappa shape index (κ2) is 11.3. The van der Waals surface area contributed by atoms with Gasteiger partial charge in [0.2, 0.25) is 24.5 Å². The van der Waals surface area contributed by atoms with E-state index in [0.717, 1.165) is 11.8 Å². The van der Waals surface area contributed by atoms with Gasteiger partial charge in [0, 0.05) is 9.66 Å². The molecule has 0 radical (unpaired) electrons. The van der Waals surface area contributed by atoms with Crippen LogP contribution in [0.3, 0.4) is 0 Å². The predicted octanol–water partition coefficient (Wildman–Crippen LogP) is 1.23. The average Bonchev–Trinajstić information content (AvgIpc) is 3.38. The normalized spacial score (nSPS) is 30.5. The Morgan fingerprint density at radius 2 is 1.72 bits per heavy atom. The number of esters is 3. The summed E-state index contributed by atoms with van der Waals surface area (Å²) in [6.45, 7) is 4.16. The third-order valence-corrected chi connectivity index (χ3v) is 11.0. The highest BCUT2D eigenvalue weighted by Crippen LogP contribution is 2.52. The van der Waals surface area contributed by atoms with Crippen LogP contribution in [0.25, 0.3) is 10.4 Å². The Balaban J connectivity index is 1.21. The smallest absolute Gasteiger partial charge is 0.333 e. The molecule has 5 rings (SSSR count). The number of carbonyl (C=O) groups excluding carboxylic acids is 6. The number of nitrogens with one attached hydrogen (secondary N) is 1. The van der Waals surface area contributed by atoms with Crippen molar-refractivity contribution in [2.75, 3.05) is 13.9 Å². The molecule has 1 aromatic carbocycles. The van der Waals surface area contributed by atoms with Crippen molar-refractivity contribution >= 4 is 59.2 Å². The molecule has 4 aliphatic rings. The zero-order chi connectivity index (χ0) is 31.3. The second-order valence-electron chi connectivity index (χ2n) is 10.9. The van der Waals surface area contributed by atoms with Crippen LogP contribution in [0, 0.1) is 0 Å². The van der Waals surface area contributed by atoms with Gasteiger partial charge in [-0.2, -0.15) is 0 Å². The van der Waals surface area contributed by atoms with E-state index in [-0.39, 0.29) is 17.7 Å². The van der Waals surface area contributed by atoms with Crippen LogP contribution in [0.1, 0.15) is 38.8 Å². The molecule has 0 bridgehead atoms. The summed E-state index contributed by atoms with van der Waals surface area (Å²) in [5, 5.41) is 5.25. The summed E-state index contributed by atoms with van der Waals surface area (Å²) in [5.74, 6) is -3.96. The van der Waals surface area contributed by atoms with E-state index in [0.29, 0.717) is 5.56 Å². The largest absolute Gasteiger partial charge is 0.468 e. The van der Waals surface area contributed by atoms with E-state index in [9.17, 15) is 28.8 Å². The molecule has 0 aliphatic carbocycles. The molecular weight excluding hydrogens is 604 g/mol. The molecule has 1 aromatic rings. The van der Waals surface area contributed by atoms with Gasteiger partial charge in [-0.15, -0.1) is 23.5 Å². The van der Waals surface area contributed by atoms with Crippen LogP contribution in [0.4, 0.5) is 0 Å². The van der Waals surface area contributed by atoms with Gasteiger partial charge in [0.25, 0.3) is 0 Å². The fourth-order valence-electron chi connectivity index (χ4n) is 5.74. The van der Waals surface area contributed by atoms with Gasteiger partial charge in [-0.1, -0.05) is 35.4 Å². The minimum absolute atomic E-state index is 0.176. The lowest BCUT2D eigenvalue weighted by Gasteiger charge is -2.44. The zero-order valence-electron chi connectivity index (χ0n) is 23.5. The van der Waals surface area contributed by atoms with Crippen LogP contribution in [-0.4, -0.2) is 97.7 Å². The highest BCUT2D eigenvalue weighted by atomic mass is 32.2. The molecule has 228 valence electrons. The van der Waals surface area contributed by atoms with Crippen molar-refractivity contribution in [1.82, 2.24) is 15.1 Å². The number of hydrogen-bond acceptors (Lipinski definition) is 12. The summed E-state index contributed by atoms with van der Waals surface area (Å²) in [4.78, 5) is 82.3. The fourth-order valence-corrected chi connectivity index (χ4v) is 9.03. The Bertz CT molecular complexity index is 1440. The molecule has 4 aliphatic heterocycles. The van der Waals surface area contributed by atoms with Gasteiger partial charge in [-0.3, -0.25) is 19.2 Å². The number of carbonyl (C=O) groups is 6. The zero-order valence-corrected chi connectivity index (χ0v) is 25.1. The minimum Gasteiger partial charge on any atom is -0.468 e. The van der Waals surface area contributed by atoms with E-state index in [1.54, 1.807) is 44.2 Å². The van der Waals surface area contributed by atoms with E-state index >= 15 is 0 Å². The third kappa shape index (κ3) is 5.04. The summed E-state index contributed by atoms with van der Waals surface area (Å²) in [6, 6.07) is 3.89. The van der Waals surface area contributed by atoms with Crippen LogP contribution < -0.4 is 5.32 Å². The highest BCUT2D eigenvalue weighted by Gasteiger charge is 2.66. The average molecular weight is 633 g/mol. The number of nitrogens with zero attached hydrogens (tertiary/aromatic N) is 5. The van der Waals surface area contributed by atoms with Crippen molar-refractivity contribution in [3.63, 3.8) is 0 Å². The number of thioether (sulfide) groups is 2. The molecule has 1 unspecified atom stereocenters. The van der Waals surface area contributed by atoms with E-state index < -0.39 is 75.6 Å². The van der Waals surface area contributed by atoms with Crippen LogP contribution >= 0.6 is 23.5 Å². The maximum atomic E-state index is 13.2. The Kier molecular flexibility index (Phi) is 8.00. The number of benzene rings is 1. The number of amides is 3. The molecule has 4 fully saturated rings. The molecule has 0 aromatic heterocycles. The van der Waals surface area contributed by atoms with Gasteiger partial charge < -0.3 is 29.3 Å². The molecule has 4 saturated heterocycles. The standard InChI is InChI=1S/C26H28N6O9S2/c1-25(2)17(22(36)40-11-41-23(37)18-26(3,24(38)39-4)42-14-10-13(33)31(14)18)32-20(35)16(21(32)43-25)28-19(34)15(29-30-27)12-8-6-5-7-9-12/h5-9,14-18,21H,10-11H2,1-4H3,(H,28,34)/t14-,15?,16-,17+,18+,21-,26-/m1/s1. The fraction of sp³-hybridized carbons (Fsp3) is 0.538. The molecule has 43 heavy (non-hydrogen) atoms. The molecule has 15 nitrogen and oxygen atoms in total. The first-order chi connectivity index (χ1) is 20.4. The molecule has 3 amide bonds. The molecule has 0 spiro atoms. The molecule has 0 saturated carbocycles. The van der Waals surface area contributed by atoms with Gasteiger partial charge in [-0.25, -0.2) is 9.59 Å². The first-order valence-electron chi connectivity index (χ1n) is 13.2. The summed E-state index contributed by atoms with van der Waals surface area (Å²) in [7, 11) is 1.18. The lowest BCUT2D eigenvalue weighted by molar-refractivity contribution is -0.182. The Hall–Kier alpha value is -3.95. The van der Waals surface area contributed by atoms with Crippen molar-refractivity contribution in [3.05, 3.63) is 46.3 Å². The lowest BCUT2D eigenvalue weighted by Crippen LogP contribution is -2.71. The maximum absolute atomic E-state index is 13.2. The van der Waals surface area contributed by atoms with Crippen LogP contribution in [0.5, 0.6) is 0 Å². The molecule has 7 atom stereocenters. The van der Waals surface area contributed by atoms with Gasteiger partial charge in [-0.05, 0) is 31.9 Å². The number of ether oxygens (including phenoxy) is 3. The molecule has 17 heteroatoms. The van der Waals surface area contributed by atoms with Gasteiger partial charge in [0.1, 0.15) is 28.2 Å². The number of β-lactam (4-membered cyclic amide) rings is 2. The van der Waals surface area contributed by atoms with Crippen LogP contribution in [0.2, 0.25) is 0 Å². The first-order valence-corrected chi connectivity index (χ1v) is 14.9. The Morgan fingerprint density at radius 1 is 1.07 bits per heavy atom. The first kappa shape index (κ1) is 30.5. The van der Waals surface area contributed by atoms with Crippen molar-refractivity contribution in [3.8, 4) is 0 Å². The van der Waals surface area contributed by atoms with Gasteiger partial charge >= 0.3 is 17.9 Å². The monoisotopic (exact) mass is 632 g/mol. The molecular formula is C26H28N6O9S2. The van der Waals surface area contributed by atoms with Crippen LogP contribution in [0.15, 0.2) is 35.4 Å². The summed E-state index contributed by atoms with van der Waals surface area (Å²) in [6.07, 6.45) is 0.176. The molecule has 1 N–H and O–H groups in total. The summed E-state index contributed by atoms with van der Waals surface area (Å²) < 4.78 is 13.0. The summed E-state index contributed by atoms with van der Waals surface area (Å²) in [5.41, 5.74) is 9.42. The van der Waals surface area contributed by atoms with Crippen molar-refractivity contribution in [2.24, 2.45) is 5.11 Å². The van der Waals surface area contributed by atoms with Gasteiger partial charge in [0.05, 0.1) is 18.9 Å². The van der Waals surface area contributed by atoms with Crippen LogP contribution in [-0.2, 0) is 43.0 Å². The maximum Gasteiger partial charge on any atom is 0.333 e. The topological polar surface area (TPSA) is 197 Å². The van der Waals surface area contributed by atoms with E-state index in [4.69, 9.17) is 19.7 Å². The van der Waals surface area contributed by atoms with E-state index in [1.165, 1.54) is 35.6 Å². The quantitative estimate of drug-likeness (QED) is 0.103. The summed E-state index contributed by atoms with van der Waals surface area (Å²) >= 11 is 2.42. The number of fused-ring (bicyclic) bond motifs is 2. The Morgan fingerprint density at radius 3 is 2.33 bits per heavy atom. The third-order valence-electron chi connectivity index (χ3n) is 7.84. The number of hydrogen-bond donors (Lipinski definition) is 1. The van der Waals surface area contributed by atoms with Crippen molar-refractivity contribution < 1.29 is 43.0 Å². The van der Waals surface area contributed by atoms with Crippen molar-refractivity contribution in [2.45, 2.75) is 71.6 Å². The predicted molar refractivity (Wildman–Crippen MR) is 150 cm³/mol. The second-order valence-corrected chi connectivity index (χ2v) is 14.3.